The highest BCUT2D eigenvalue weighted by atomic mass is 32.2. The van der Waals surface area contributed by atoms with Crippen LogP contribution in [0.4, 0.5) is 5.13 Å². The van der Waals surface area contributed by atoms with Crippen LogP contribution in [0.3, 0.4) is 0 Å². The van der Waals surface area contributed by atoms with Gasteiger partial charge in [0.2, 0.25) is 5.60 Å². The predicted octanol–water partition coefficient (Wildman–Crippen LogP) is -1.02. The Bertz CT molecular complexity index is 1770. The van der Waals surface area contributed by atoms with Crippen LogP contribution in [-0.2, 0) is 30.6 Å². The molecular formula is C24H27N11O7S3. The number of aromatic nitrogens is 5. The zero-order valence-corrected chi connectivity index (χ0v) is 26.3. The Labute approximate surface area is 266 Å². The molecule has 45 heavy (non-hydrogen) atoms. The van der Waals surface area contributed by atoms with E-state index in [1.807, 2.05) is 5.43 Å². The van der Waals surface area contributed by atoms with E-state index in [0.29, 0.717) is 22.1 Å². The van der Waals surface area contributed by atoms with Crippen LogP contribution in [0.1, 0.15) is 31.1 Å². The minimum atomic E-state index is -1.56. The second-order valence-corrected chi connectivity index (χ2v) is 13.1. The maximum Gasteiger partial charge on any atom is 0.352 e. The third kappa shape index (κ3) is 6.29. The molecule has 0 spiro atoms. The van der Waals surface area contributed by atoms with Gasteiger partial charge in [0, 0.05) is 22.6 Å². The number of aliphatic carboxylic acids is 1. The third-order valence-electron chi connectivity index (χ3n) is 6.55. The summed E-state index contributed by atoms with van der Waals surface area (Å²) in [7, 11) is 0. The van der Waals surface area contributed by atoms with Gasteiger partial charge in [0.15, 0.2) is 16.7 Å². The molecule has 2 aliphatic heterocycles. The van der Waals surface area contributed by atoms with E-state index >= 15 is 0 Å². The van der Waals surface area contributed by atoms with Gasteiger partial charge in [-0.15, -0.1) is 40.0 Å². The summed E-state index contributed by atoms with van der Waals surface area (Å²) >= 11 is 3.61. The average molecular weight is 678 g/mol. The normalized spacial score (nSPS) is 18.5. The Morgan fingerprint density at radius 1 is 1.29 bits per heavy atom. The molecule has 0 aromatic carbocycles. The summed E-state index contributed by atoms with van der Waals surface area (Å²) in [6.45, 7) is 4.16. The number of anilines is 1. The lowest BCUT2D eigenvalue weighted by atomic mass is 10.0. The molecule has 18 nitrogen and oxygen atoms in total. The smallest absolute Gasteiger partial charge is 0.352 e. The maximum absolute atomic E-state index is 13.4. The number of nitrogens with two attached hydrogens (primary N) is 2. The molecule has 238 valence electrons. The SMILES string of the molecule is Cc1cc(SCC2=C(C(=O)O)N3C(=O)C(NC(=O)C(=NOC(C)(C)C(=O)NN)c4csc(N)n4)[C@@H]3SC2)n2nc(CO)nc2n1. The van der Waals surface area contributed by atoms with E-state index in [1.54, 1.807) is 13.0 Å². The van der Waals surface area contributed by atoms with E-state index in [4.69, 9.17) is 16.4 Å². The highest BCUT2D eigenvalue weighted by Crippen LogP contribution is 2.41. The first kappa shape index (κ1) is 32.1. The molecule has 21 heteroatoms. The number of carboxylic acids is 1. The molecule has 0 aliphatic carbocycles. The number of aliphatic hydroxyl groups is 1. The predicted molar refractivity (Wildman–Crippen MR) is 162 cm³/mol. The number of β-lactam (4-membered cyclic amide) rings is 1. The molecule has 1 fully saturated rings. The summed E-state index contributed by atoms with van der Waals surface area (Å²) < 4.78 is 1.46. The molecule has 2 atom stereocenters. The van der Waals surface area contributed by atoms with Crippen LogP contribution in [0.2, 0.25) is 0 Å². The Balaban J connectivity index is 1.34. The van der Waals surface area contributed by atoms with Gasteiger partial charge < -0.3 is 26.1 Å². The zero-order valence-electron chi connectivity index (χ0n) is 23.9. The third-order valence-corrected chi connectivity index (χ3v) is 9.64. The Kier molecular flexibility index (Phi) is 8.98. The number of oxime groups is 1. The molecule has 0 radical (unpaired) electrons. The van der Waals surface area contributed by atoms with Crippen LogP contribution >= 0.6 is 34.9 Å². The molecule has 1 unspecified atom stereocenters. The van der Waals surface area contributed by atoms with Gasteiger partial charge >= 0.3 is 5.97 Å². The van der Waals surface area contributed by atoms with E-state index in [9.17, 15) is 29.4 Å². The summed E-state index contributed by atoms with van der Waals surface area (Å²) in [6.07, 6.45) is 0. The minimum Gasteiger partial charge on any atom is -0.477 e. The van der Waals surface area contributed by atoms with E-state index in [1.165, 1.54) is 47.3 Å². The number of carbonyl (C=O) groups excluding carboxylic acids is 3. The number of fused-ring (bicyclic) bond motifs is 2. The lowest BCUT2D eigenvalue weighted by molar-refractivity contribution is -0.150. The molecular weight excluding hydrogens is 651 g/mol. The number of nitrogens with one attached hydrogen (secondary N) is 2. The van der Waals surface area contributed by atoms with E-state index in [2.05, 4.69) is 30.5 Å². The summed E-state index contributed by atoms with van der Waals surface area (Å²) in [4.78, 5) is 70.0. The lowest BCUT2D eigenvalue weighted by Gasteiger charge is -2.49. The monoisotopic (exact) mass is 677 g/mol. The number of hydrogen-bond acceptors (Lipinski definition) is 16. The molecule has 3 aromatic heterocycles. The van der Waals surface area contributed by atoms with Crippen molar-refractivity contribution in [3.63, 3.8) is 0 Å². The van der Waals surface area contributed by atoms with E-state index < -0.39 is 40.7 Å². The second-order valence-electron chi connectivity index (χ2n) is 10.1. The Morgan fingerprint density at radius 2 is 2.04 bits per heavy atom. The highest BCUT2D eigenvalue weighted by molar-refractivity contribution is 8.01. The average Bonchev–Trinajstić information content (AvgIpc) is 3.63. The van der Waals surface area contributed by atoms with Crippen LogP contribution in [-0.4, -0.2) is 97.6 Å². The summed E-state index contributed by atoms with van der Waals surface area (Å²) in [5.41, 5.74) is 6.79. The van der Waals surface area contributed by atoms with E-state index in [-0.39, 0.29) is 46.2 Å². The van der Waals surface area contributed by atoms with Crippen LogP contribution in [0.25, 0.3) is 5.78 Å². The van der Waals surface area contributed by atoms with Gasteiger partial charge in [-0.05, 0) is 32.4 Å². The topological polar surface area (TPSA) is 266 Å². The summed E-state index contributed by atoms with van der Waals surface area (Å²) in [5.74, 6) is 2.66. The summed E-state index contributed by atoms with van der Waals surface area (Å²) in [6, 6.07) is 0.679. The van der Waals surface area contributed by atoms with E-state index in [0.717, 1.165) is 16.2 Å². The summed E-state index contributed by atoms with van der Waals surface area (Å²) in [5, 5.41) is 31.7. The van der Waals surface area contributed by atoms with Crippen LogP contribution < -0.4 is 22.3 Å². The van der Waals surface area contributed by atoms with Gasteiger partial charge in [-0.3, -0.25) is 24.7 Å². The molecule has 1 saturated heterocycles. The number of aryl methyl sites for hydroxylation is 1. The fourth-order valence-corrected chi connectivity index (χ4v) is 7.39. The van der Waals surface area contributed by atoms with Crippen molar-refractivity contribution in [2.45, 2.75) is 49.4 Å². The fourth-order valence-electron chi connectivity index (χ4n) is 4.31. The number of hydrazine groups is 1. The van der Waals surface area contributed by atoms with Crippen LogP contribution in [0, 0.1) is 6.92 Å². The molecule has 5 rings (SSSR count). The van der Waals surface area contributed by atoms with Crippen molar-refractivity contribution in [3.8, 4) is 0 Å². The van der Waals surface area contributed by atoms with Gasteiger partial charge in [0.1, 0.15) is 34.4 Å². The van der Waals surface area contributed by atoms with Crippen LogP contribution in [0.5, 0.6) is 0 Å². The van der Waals surface area contributed by atoms with Crippen LogP contribution in [0.15, 0.2) is 32.9 Å². The van der Waals surface area contributed by atoms with Crippen molar-refractivity contribution >= 4 is 75.2 Å². The number of aliphatic hydroxyl groups excluding tert-OH is 1. The number of carboxylic acid groups (broad SMARTS) is 1. The van der Waals surface area contributed by atoms with Crippen molar-refractivity contribution < 1.29 is 34.2 Å². The quantitative estimate of drug-likeness (QED) is 0.0270. The Hall–Kier alpha value is -4.31. The number of carbonyl (C=O) groups is 4. The molecule has 0 saturated carbocycles. The molecule has 0 bridgehead atoms. The highest BCUT2D eigenvalue weighted by Gasteiger charge is 2.54. The maximum atomic E-state index is 13.4. The van der Waals surface area contributed by atoms with Gasteiger partial charge in [0.05, 0.1) is 0 Å². The largest absolute Gasteiger partial charge is 0.477 e. The Morgan fingerprint density at radius 3 is 2.69 bits per heavy atom. The number of thiazole rings is 1. The van der Waals surface area contributed by atoms with Crippen molar-refractivity contribution in [2.75, 3.05) is 17.2 Å². The molecule has 8 N–H and O–H groups in total. The van der Waals surface area contributed by atoms with Crippen molar-refractivity contribution in [1.82, 2.24) is 40.2 Å². The minimum absolute atomic E-state index is 0.0447. The number of amides is 3. The second kappa shape index (κ2) is 12.6. The van der Waals surface area contributed by atoms with Gasteiger partial charge in [-0.25, -0.2) is 20.6 Å². The van der Waals surface area contributed by atoms with Gasteiger partial charge in [-0.2, -0.15) is 9.50 Å². The number of rotatable bonds is 11. The lowest BCUT2D eigenvalue weighted by Crippen LogP contribution is -2.71. The standard InChI is InChI=1S/C24H27N11O7S3/c1-9-4-13(35-23(27-9)29-12(5-36)32-35)43-6-10-7-44-19-15(18(38)34(19)16(10)20(39)40)30-17(37)14(11-8-45-22(25)28-11)33-42-24(2,3)21(41)31-26/h4,8,15,19,36H,5-7,26H2,1-3H3,(H2,25,28)(H,30,37)(H,31,41)(H,39,40)/t15?,19-/m0/s1. The molecule has 3 aromatic rings. The van der Waals surface area contributed by atoms with Gasteiger partial charge in [-0.1, -0.05) is 5.16 Å². The van der Waals surface area contributed by atoms with Crippen molar-refractivity contribution in [2.24, 2.45) is 11.0 Å². The van der Waals surface area contributed by atoms with Gasteiger partial charge in [0.25, 0.3) is 23.5 Å². The number of thioether (sulfide) groups is 2. The first-order valence-electron chi connectivity index (χ1n) is 13.0. The first-order valence-corrected chi connectivity index (χ1v) is 15.9. The fraction of sp³-hybridized carbons (Fsp3) is 0.375. The first-order chi connectivity index (χ1) is 21.3. The van der Waals surface area contributed by atoms with Crippen molar-refractivity contribution in [3.05, 3.63) is 39.9 Å². The number of hydrogen-bond donors (Lipinski definition) is 6. The number of nitrogen functional groups attached to an aromatic ring is 1. The zero-order chi connectivity index (χ0) is 32.6. The molecule has 2 aliphatic rings. The van der Waals surface area contributed by atoms with Crippen molar-refractivity contribution in [1.29, 1.82) is 0 Å². The number of nitrogens with zero attached hydrogens (tertiary/aromatic N) is 7. The molecule has 5 heterocycles. The molecule has 3 amide bonds.